The minimum Gasteiger partial charge on any atom is -0.497 e. The zero-order valence-corrected chi connectivity index (χ0v) is 18.5. The molecule has 0 aliphatic carbocycles. The fourth-order valence-corrected chi connectivity index (χ4v) is 3.59. The van der Waals surface area contributed by atoms with E-state index in [-0.39, 0.29) is 22.5 Å². The summed E-state index contributed by atoms with van der Waals surface area (Å²) < 4.78 is 10.4. The van der Waals surface area contributed by atoms with E-state index in [0.29, 0.717) is 22.0 Å². The van der Waals surface area contributed by atoms with E-state index in [2.05, 4.69) is 0 Å². The topological polar surface area (TPSA) is 90.0 Å². The molecule has 0 N–H and O–H groups in total. The summed E-state index contributed by atoms with van der Waals surface area (Å²) in [4.78, 5) is 51.9. The Kier molecular flexibility index (Phi) is 5.98. The van der Waals surface area contributed by atoms with Gasteiger partial charge >= 0.3 is 5.97 Å². The summed E-state index contributed by atoms with van der Waals surface area (Å²) in [5.74, 6) is -1.62. The van der Waals surface area contributed by atoms with Crippen LogP contribution in [0.3, 0.4) is 0 Å². The van der Waals surface area contributed by atoms with Gasteiger partial charge < -0.3 is 9.47 Å². The van der Waals surface area contributed by atoms with E-state index in [9.17, 15) is 19.2 Å². The van der Waals surface area contributed by atoms with Crippen molar-refractivity contribution < 1.29 is 28.7 Å². The van der Waals surface area contributed by atoms with Gasteiger partial charge in [-0.3, -0.25) is 14.4 Å². The van der Waals surface area contributed by atoms with Crippen LogP contribution in [0.25, 0.3) is 0 Å². The number of ether oxygens (including phenoxy) is 2. The van der Waals surface area contributed by atoms with Crippen LogP contribution in [0.2, 0.25) is 5.02 Å². The number of fused-ring (bicyclic) bond motifs is 1. The first-order valence-corrected chi connectivity index (χ1v) is 10.4. The summed E-state index contributed by atoms with van der Waals surface area (Å²) in [7, 11) is 1.52. The zero-order chi connectivity index (χ0) is 23.7. The van der Waals surface area contributed by atoms with E-state index >= 15 is 0 Å². The van der Waals surface area contributed by atoms with Crippen LogP contribution in [0.15, 0.2) is 66.7 Å². The Hall–Kier alpha value is -3.97. The van der Waals surface area contributed by atoms with Crippen LogP contribution in [0, 0.1) is 0 Å². The highest BCUT2D eigenvalue weighted by Crippen LogP contribution is 2.30. The zero-order valence-electron chi connectivity index (χ0n) is 17.7. The molecule has 0 bridgehead atoms. The van der Waals surface area contributed by atoms with Gasteiger partial charge in [0.05, 0.1) is 29.5 Å². The maximum Gasteiger partial charge on any atom is 0.338 e. The van der Waals surface area contributed by atoms with Crippen LogP contribution < -0.4 is 9.64 Å². The number of imide groups is 1. The standard InChI is InChI=1S/C25H18ClNO6/c1-14(22(28)15-3-10-19(32-2)11-4-15)33-25(31)16-5-12-20-21(13-16)24(30)27(23(20)29)18-8-6-17(26)7-9-18/h3-14H,1-2H3. The Bertz CT molecular complexity index is 1270. The van der Waals surface area contributed by atoms with Crippen molar-refractivity contribution in [1.29, 1.82) is 0 Å². The maximum atomic E-state index is 12.9. The predicted molar refractivity (Wildman–Crippen MR) is 121 cm³/mol. The molecular weight excluding hydrogens is 446 g/mol. The third kappa shape index (κ3) is 4.23. The average Bonchev–Trinajstić information content (AvgIpc) is 3.08. The summed E-state index contributed by atoms with van der Waals surface area (Å²) in [6.07, 6.45) is -1.05. The van der Waals surface area contributed by atoms with Crippen LogP contribution >= 0.6 is 11.6 Å². The molecule has 166 valence electrons. The van der Waals surface area contributed by atoms with Crippen LogP contribution in [-0.4, -0.2) is 36.8 Å². The lowest BCUT2D eigenvalue weighted by Gasteiger charge is -2.13. The molecule has 8 heteroatoms. The van der Waals surface area contributed by atoms with Crippen molar-refractivity contribution >= 4 is 40.9 Å². The molecule has 0 saturated heterocycles. The Labute approximate surface area is 194 Å². The summed E-state index contributed by atoms with van der Waals surface area (Å²) >= 11 is 5.88. The number of carbonyl (C=O) groups is 4. The second-order valence-electron chi connectivity index (χ2n) is 7.32. The molecule has 1 atom stereocenters. The number of anilines is 1. The highest BCUT2D eigenvalue weighted by molar-refractivity contribution is 6.35. The Morgan fingerprint density at radius 2 is 1.45 bits per heavy atom. The summed E-state index contributed by atoms with van der Waals surface area (Å²) in [6.45, 7) is 1.47. The number of benzene rings is 3. The van der Waals surface area contributed by atoms with E-state index in [1.54, 1.807) is 48.5 Å². The second kappa shape index (κ2) is 8.88. The van der Waals surface area contributed by atoms with Crippen LogP contribution in [0.5, 0.6) is 5.75 Å². The monoisotopic (exact) mass is 463 g/mol. The number of halogens is 1. The number of rotatable bonds is 6. The molecule has 0 radical (unpaired) electrons. The van der Waals surface area contributed by atoms with Gasteiger partial charge in [-0.15, -0.1) is 0 Å². The van der Waals surface area contributed by atoms with Crippen molar-refractivity contribution in [2.75, 3.05) is 12.0 Å². The summed E-state index contributed by atoms with van der Waals surface area (Å²) in [6, 6.07) is 16.8. The molecule has 2 amide bonds. The Morgan fingerprint density at radius 1 is 0.848 bits per heavy atom. The fraction of sp³-hybridized carbons (Fsp3) is 0.120. The van der Waals surface area contributed by atoms with E-state index in [1.165, 1.54) is 32.2 Å². The van der Waals surface area contributed by atoms with Crippen LogP contribution in [0.1, 0.15) is 48.4 Å². The molecule has 1 aliphatic heterocycles. The largest absolute Gasteiger partial charge is 0.497 e. The van der Waals surface area contributed by atoms with Gasteiger partial charge in [-0.25, -0.2) is 9.69 Å². The first kappa shape index (κ1) is 22.2. The van der Waals surface area contributed by atoms with Crippen molar-refractivity contribution in [1.82, 2.24) is 0 Å². The molecule has 0 saturated carbocycles. The fourth-order valence-electron chi connectivity index (χ4n) is 3.46. The first-order valence-electron chi connectivity index (χ1n) is 9.98. The number of Topliss-reactive ketones (excluding diaryl/α,β-unsaturated/α-hetero) is 1. The lowest BCUT2D eigenvalue weighted by atomic mass is 10.1. The minimum absolute atomic E-state index is 0.0576. The van der Waals surface area contributed by atoms with Gasteiger partial charge in [0.25, 0.3) is 11.8 Å². The number of esters is 1. The van der Waals surface area contributed by atoms with Gasteiger partial charge in [-0.1, -0.05) is 11.6 Å². The molecular formula is C25H18ClNO6. The number of ketones is 1. The Morgan fingerprint density at radius 3 is 2.09 bits per heavy atom. The number of hydrogen-bond acceptors (Lipinski definition) is 6. The van der Waals surface area contributed by atoms with Gasteiger partial charge in [0.15, 0.2) is 6.10 Å². The van der Waals surface area contributed by atoms with Gasteiger partial charge in [-0.05, 0) is 73.7 Å². The van der Waals surface area contributed by atoms with Crippen molar-refractivity contribution in [2.45, 2.75) is 13.0 Å². The quantitative estimate of drug-likeness (QED) is 0.302. The SMILES string of the molecule is COc1ccc(C(=O)C(C)OC(=O)c2ccc3c(c2)C(=O)N(c2ccc(Cl)cc2)C3=O)cc1. The Balaban J connectivity index is 1.51. The number of methoxy groups -OCH3 is 1. The van der Waals surface area contributed by atoms with Gasteiger partial charge in [0.1, 0.15) is 5.75 Å². The smallest absolute Gasteiger partial charge is 0.338 e. The first-order chi connectivity index (χ1) is 15.8. The molecule has 3 aromatic rings. The number of nitrogens with zero attached hydrogens (tertiary/aromatic N) is 1. The van der Waals surface area contributed by atoms with E-state index in [0.717, 1.165) is 4.90 Å². The van der Waals surface area contributed by atoms with E-state index in [4.69, 9.17) is 21.1 Å². The second-order valence-corrected chi connectivity index (χ2v) is 7.76. The van der Waals surface area contributed by atoms with Crippen molar-refractivity contribution in [2.24, 2.45) is 0 Å². The summed E-state index contributed by atoms with van der Waals surface area (Å²) in [5, 5.41) is 0.471. The molecule has 0 aromatic heterocycles. The van der Waals surface area contributed by atoms with Gasteiger partial charge in [0.2, 0.25) is 5.78 Å². The average molecular weight is 464 g/mol. The molecule has 33 heavy (non-hydrogen) atoms. The predicted octanol–water partition coefficient (Wildman–Crippen LogP) is 4.58. The lowest BCUT2D eigenvalue weighted by Crippen LogP contribution is -2.29. The normalized spacial score (nSPS) is 13.5. The highest BCUT2D eigenvalue weighted by Gasteiger charge is 2.37. The molecule has 0 spiro atoms. The number of hydrogen-bond donors (Lipinski definition) is 0. The van der Waals surface area contributed by atoms with Gasteiger partial charge in [-0.2, -0.15) is 0 Å². The molecule has 1 aliphatic rings. The third-order valence-electron chi connectivity index (χ3n) is 5.23. The van der Waals surface area contributed by atoms with Crippen molar-refractivity contribution in [3.63, 3.8) is 0 Å². The molecule has 1 heterocycles. The van der Waals surface area contributed by atoms with E-state index in [1.807, 2.05) is 0 Å². The van der Waals surface area contributed by atoms with Gasteiger partial charge in [0, 0.05) is 10.6 Å². The molecule has 7 nitrogen and oxygen atoms in total. The summed E-state index contributed by atoms with van der Waals surface area (Å²) in [5.41, 5.74) is 1.05. The van der Waals surface area contributed by atoms with Crippen molar-refractivity contribution in [3.8, 4) is 5.75 Å². The molecule has 0 fully saturated rings. The number of amides is 2. The minimum atomic E-state index is -1.05. The molecule has 4 rings (SSSR count). The lowest BCUT2D eigenvalue weighted by molar-refractivity contribution is 0.0318. The van der Waals surface area contributed by atoms with Crippen LogP contribution in [-0.2, 0) is 4.74 Å². The highest BCUT2D eigenvalue weighted by atomic mass is 35.5. The molecule has 3 aromatic carbocycles. The van der Waals surface area contributed by atoms with E-state index < -0.39 is 23.9 Å². The van der Waals surface area contributed by atoms with Crippen molar-refractivity contribution in [3.05, 3.63) is 94.0 Å². The molecule has 1 unspecified atom stereocenters. The number of carbonyl (C=O) groups excluding carboxylic acids is 4. The third-order valence-corrected chi connectivity index (χ3v) is 5.49. The maximum absolute atomic E-state index is 12.9. The van der Waals surface area contributed by atoms with Crippen LogP contribution in [0.4, 0.5) is 5.69 Å².